The molecule has 0 saturated heterocycles. The fraction of sp³-hybridized carbons (Fsp3) is 0.0612. The van der Waals surface area contributed by atoms with Crippen LogP contribution >= 0.6 is 22.7 Å². The average Bonchev–Trinajstić information content (AvgIpc) is 3.81. The lowest BCUT2D eigenvalue weighted by atomic mass is 9.82. The number of nitrogens with zero attached hydrogens (tertiary/aromatic N) is 1. The largest absolute Gasteiger partial charge is 0.310 e. The van der Waals surface area contributed by atoms with Gasteiger partial charge in [-0.05, 0) is 99.3 Å². The number of fused-ring (bicyclic) bond motifs is 10. The summed E-state index contributed by atoms with van der Waals surface area (Å²) in [6.45, 7) is 4.72. The number of benzene rings is 8. The summed E-state index contributed by atoms with van der Waals surface area (Å²) >= 11 is 3.75. The van der Waals surface area contributed by atoms with Crippen LogP contribution in [0.2, 0.25) is 0 Å². The molecule has 246 valence electrons. The van der Waals surface area contributed by atoms with Crippen molar-refractivity contribution in [3.63, 3.8) is 0 Å². The molecule has 0 saturated carbocycles. The maximum atomic E-state index is 2.48. The zero-order valence-corrected chi connectivity index (χ0v) is 30.5. The fourth-order valence-electron chi connectivity index (χ4n) is 8.65. The van der Waals surface area contributed by atoms with Crippen molar-refractivity contribution in [2.45, 2.75) is 19.3 Å². The van der Waals surface area contributed by atoms with E-state index in [0.29, 0.717) is 0 Å². The van der Waals surface area contributed by atoms with E-state index in [1.54, 1.807) is 0 Å². The minimum absolute atomic E-state index is 0.0790. The van der Waals surface area contributed by atoms with Crippen molar-refractivity contribution in [1.29, 1.82) is 0 Å². The molecule has 1 aliphatic rings. The predicted octanol–water partition coefficient (Wildman–Crippen LogP) is 15.0. The summed E-state index contributed by atoms with van der Waals surface area (Å²) < 4.78 is 5.31. The van der Waals surface area contributed by atoms with E-state index in [1.807, 2.05) is 22.7 Å². The van der Waals surface area contributed by atoms with Crippen LogP contribution in [-0.2, 0) is 5.41 Å². The van der Waals surface area contributed by atoms with Crippen molar-refractivity contribution in [3.05, 3.63) is 175 Å². The highest BCUT2D eigenvalue weighted by Gasteiger charge is 2.37. The monoisotopic (exact) mass is 699 g/mol. The van der Waals surface area contributed by atoms with E-state index in [9.17, 15) is 0 Å². The molecule has 11 rings (SSSR count). The molecule has 8 aromatic carbocycles. The molecule has 2 heterocycles. The number of thiophene rings is 2. The Labute approximate surface area is 310 Å². The Kier molecular flexibility index (Phi) is 6.41. The summed E-state index contributed by atoms with van der Waals surface area (Å²) in [7, 11) is 0. The highest BCUT2D eigenvalue weighted by molar-refractivity contribution is 7.26. The molecular formula is C49H33NS2. The third-order valence-corrected chi connectivity index (χ3v) is 13.5. The highest BCUT2D eigenvalue weighted by atomic mass is 32.1. The Balaban J connectivity index is 1.06. The molecular weight excluding hydrogens is 667 g/mol. The Morgan fingerprint density at radius 1 is 0.423 bits per heavy atom. The van der Waals surface area contributed by atoms with E-state index in [1.165, 1.54) is 95.9 Å². The molecule has 0 fully saturated rings. The fourth-order valence-corrected chi connectivity index (χ4v) is 10.9. The molecule has 3 heteroatoms. The Morgan fingerprint density at radius 3 is 1.87 bits per heavy atom. The quantitative estimate of drug-likeness (QED) is 0.177. The van der Waals surface area contributed by atoms with Gasteiger partial charge in [-0.15, -0.1) is 22.7 Å². The SMILES string of the molecule is CC1(C)c2ccccc2-c2c(N(c3ccc(-c4ccc5cc6c(cc5c4)sc4ccccc46)cc3)c3ccc4c(c3)sc3ccccc34)cccc21. The number of hydrogen-bond donors (Lipinski definition) is 0. The topological polar surface area (TPSA) is 3.24 Å². The van der Waals surface area contributed by atoms with Crippen LogP contribution in [0.15, 0.2) is 164 Å². The zero-order valence-electron chi connectivity index (χ0n) is 28.9. The first kappa shape index (κ1) is 29.9. The van der Waals surface area contributed by atoms with Gasteiger partial charge in [-0.1, -0.05) is 117 Å². The van der Waals surface area contributed by atoms with Crippen molar-refractivity contribution in [1.82, 2.24) is 0 Å². The van der Waals surface area contributed by atoms with Crippen LogP contribution in [-0.4, -0.2) is 0 Å². The van der Waals surface area contributed by atoms with Gasteiger partial charge in [0.15, 0.2) is 0 Å². The molecule has 0 amide bonds. The molecule has 0 atom stereocenters. The summed E-state index contributed by atoms with van der Waals surface area (Å²) in [5.41, 5.74) is 11.3. The summed E-state index contributed by atoms with van der Waals surface area (Å²) in [4.78, 5) is 2.48. The van der Waals surface area contributed by atoms with E-state index in [0.717, 1.165) is 5.69 Å². The lowest BCUT2D eigenvalue weighted by molar-refractivity contribution is 0.660. The molecule has 1 aliphatic carbocycles. The summed E-state index contributed by atoms with van der Waals surface area (Å²) in [6, 6.07) is 61.1. The Bertz CT molecular complexity index is 3050. The van der Waals surface area contributed by atoms with Crippen molar-refractivity contribution < 1.29 is 0 Å². The predicted molar refractivity (Wildman–Crippen MR) is 227 cm³/mol. The first-order chi connectivity index (χ1) is 25.5. The van der Waals surface area contributed by atoms with Gasteiger partial charge in [-0.3, -0.25) is 0 Å². The minimum Gasteiger partial charge on any atom is -0.310 e. The van der Waals surface area contributed by atoms with Crippen molar-refractivity contribution in [3.8, 4) is 22.3 Å². The van der Waals surface area contributed by atoms with E-state index in [-0.39, 0.29) is 5.41 Å². The minimum atomic E-state index is -0.0790. The van der Waals surface area contributed by atoms with Gasteiger partial charge < -0.3 is 4.90 Å². The number of rotatable bonds is 4. The van der Waals surface area contributed by atoms with E-state index in [2.05, 4.69) is 183 Å². The maximum absolute atomic E-state index is 2.48. The van der Waals surface area contributed by atoms with Gasteiger partial charge in [0.05, 0.1) is 5.69 Å². The number of anilines is 3. The lowest BCUT2D eigenvalue weighted by Crippen LogP contribution is -2.16. The standard InChI is InChI=1S/C49H33NS2/c1-49(2)41-13-6-3-12-39(41)48-42(49)14-9-15-43(48)50(35-24-25-38-36-10-4-7-16-44(36)52-47(38)29-35)34-22-20-30(21-23-34)31-18-19-32-27-40-37-11-5-8-17-45(37)51-46(40)28-33(32)26-31/h3-29H,1-2H3. The van der Waals surface area contributed by atoms with E-state index < -0.39 is 0 Å². The van der Waals surface area contributed by atoms with Gasteiger partial charge in [0.1, 0.15) is 0 Å². The first-order valence-electron chi connectivity index (χ1n) is 17.9. The molecule has 1 nitrogen and oxygen atoms in total. The van der Waals surface area contributed by atoms with Crippen LogP contribution in [0.3, 0.4) is 0 Å². The molecule has 52 heavy (non-hydrogen) atoms. The zero-order chi connectivity index (χ0) is 34.6. The van der Waals surface area contributed by atoms with E-state index in [4.69, 9.17) is 0 Å². The van der Waals surface area contributed by atoms with Crippen LogP contribution in [0.25, 0.3) is 73.4 Å². The van der Waals surface area contributed by atoms with Crippen molar-refractivity contribution in [2.24, 2.45) is 0 Å². The van der Waals surface area contributed by atoms with Crippen LogP contribution in [0.1, 0.15) is 25.0 Å². The van der Waals surface area contributed by atoms with Gasteiger partial charge >= 0.3 is 0 Å². The summed E-state index contributed by atoms with van der Waals surface area (Å²) in [6.07, 6.45) is 0. The highest BCUT2D eigenvalue weighted by Crippen LogP contribution is 2.54. The van der Waals surface area contributed by atoms with Gasteiger partial charge in [0.25, 0.3) is 0 Å². The second kappa shape index (κ2) is 11.1. The molecule has 0 spiro atoms. The van der Waals surface area contributed by atoms with Gasteiger partial charge in [-0.25, -0.2) is 0 Å². The Morgan fingerprint density at radius 2 is 1.06 bits per heavy atom. The number of hydrogen-bond acceptors (Lipinski definition) is 3. The molecule has 0 aliphatic heterocycles. The molecule has 0 N–H and O–H groups in total. The lowest BCUT2D eigenvalue weighted by Gasteiger charge is -2.29. The van der Waals surface area contributed by atoms with Gasteiger partial charge in [-0.2, -0.15) is 0 Å². The van der Waals surface area contributed by atoms with Crippen LogP contribution < -0.4 is 4.90 Å². The first-order valence-corrected chi connectivity index (χ1v) is 19.5. The van der Waals surface area contributed by atoms with Crippen LogP contribution in [0, 0.1) is 0 Å². The van der Waals surface area contributed by atoms with Gasteiger partial charge in [0, 0.05) is 62.7 Å². The second-order valence-electron chi connectivity index (χ2n) is 14.5. The second-order valence-corrected chi connectivity index (χ2v) is 16.7. The van der Waals surface area contributed by atoms with Crippen molar-refractivity contribution in [2.75, 3.05) is 4.90 Å². The van der Waals surface area contributed by atoms with Crippen LogP contribution in [0.5, 0.6) is 0 Å². The molecule has 10 aromatic rings. The third kappa shape index (κ3) is 4.40. The van der Waals surface area contributed by atoms with E-state index >= 15 is 0 Å². The molecule has 2 aromatic heterocycles. The maximum Gasteiger partial charge on any atom is 0.0543 e. The normalized spacial score (nSPS) is 13.3. The molecule has 0 bridgehead atoms. The summed E-state index contributed by atoms with van der Waals surface area (Å²) in [5.74, 6) is 0. The average molecular weight is 700 g/mol. The Hall–Kier alpha value is -5.74. The van der Waals surface area contributed by atoms with Crippen LogP contribution in [0.4, 0.5) is 17.1 Å². The van der Waals surface area contributed by atoms with Gasteiger partial charge in [0.2, 0.25) is 0 Å². The van der Waals surface area contributed by atoms with Crippen molar-refractivity contribution >= 4 is 90.9 Å². The molecule has 0 radical (unpaired) electrons. The summed E-state index contributed by atoms with van der Waals surface area (Å²) in [5, 5.41) is 7.88. The smallest absolute Gasteiger partial charge is 0.0543 e. The third-order valence-electron chi connectivity index (χ3n) is 11.2. The molecule has 0 unspecified atom stereocenters.